The SMILES string of the molecule is O=C(OCCOc1ccc(Oc2ccccc2)cc1)C1CCNCC1. The fraction of sp³-hybridized carbons (Fsp3) is 0.350. The van der Waals surface area contributed by atoms with Crippen LogP contribution < -0.4 is 14.8 Å². The normalized spacial score (nSPS) is 14.7. The van der Waals surface area contributed by atoms with E-state index in [1.165, 1.54) is 0 Å². The monoisotopic (exact) mass is 341 g/mol. The molecule has 1 aliphatic heterocycles. The summed E-state index contributed by atoms with van der Waals surface area (Å²) in [7, 11) is 0. The Hall–Kier alpha value is -2.53. The van der Waals surface area contributed by atoms with Crippen molar-refractivity contribution in [2.45, 2.75) is 12.8 Å². The van der Waals surface area contributed by atoms with E-state index >= 15 is 0 Å². The molecule has 2 aromatic carbocycles. The van der Waals surface area contributed by atoms with Crippen LogP contribution in [-0.2, 0) is 9.53 Å². The number of nitrogens with one attached hydrogen (secondary N) is 1. The third-order valence-corrected chi connectivity index (χ3v) is 4.07. The summed E-state index contributed by atoms with van der Waals surface area (Å²) in [5.74, 6) is 2.17. The Morgan fingerprint density at radius 2 is 1.52 bits per heavy atom. The van der Waals surface area contributed by atoms with E-state index in [-0.39, 0.29) is 18.5 Å². The van der Waals surface area contributed by atoms with E-state index < -0.39 is 0 Å². The first kappa shape index (κ1) is 17.3. The summed E-state index contributed by atoms with van der Waals surface area (Å²) in [4.78, 5) is 11.9. The maximum atomic E-state index is 11.9. The summed E-state index contributed by atoms with van der Waals surface area (Å²) in [5.41, 5.74) is 0. The highest BCUT2D eigenvalue weighted by Gasteiger charge is 2.21. The molecule has 0 spiro atoms. The Kier molecular flexibility index (Phi) is 6.29. The molecule has 2 aromatic rings. The molecule has 0 aromatic heterocycles. The minimum Gasteiger partial charge on any atom is -0.490 e. The van der Waals surface area contributed by atoms with Gasteiger partial charge in [0.15, 0.2) is 0 Å². The first-order valence-corrected chi connectivity index (χ1v) is 8.64. The van der Waals surface area contributed by atoms with E-state index in [2.05, 4.69) is 5.32 Å². The molecule has 132 valence electrons. The summed E-state index contributed by atoms with van der Waals surface area (Å²) in [6.07, 6.45) is 1.70. The van der Waals surface area contributed by atoms with Crippen LogP contribution in [0.5, 0.6) is 17.2 Å². The predicted octanol–water partition coefficient (Wildman–Crippen LogP) is 3.40. The van der Waals surface area contributed by atoms with Crippen molar-refractivity contribution in [2.24, 2.45) is 5.92 Å². The second-order valence-electron chi connectivity index (χ2n) is 5.93. The second kappa shape index (κ2) is 9.08. The van der Waals surface area contributed by atoms with E-state index in [4.69, 9.17) is 14.2 Å². The lowest BCUT2D eigenvalue weighted by molar-refractivity contribution is -0.150. The summed E-state index contributed by atoms with van der Waals surface area (Å²) >= 11 is 0. The molecule has 0 aliphatic carbocycles. The number of piperidine rings is 1. The molecule has 5 nitrogen and oxygen atoms in total. The van der Waals surface area contributed by atoms with E-state index in [9.17, 15) is 4.79 Å². The van der Waals surface area contributed by atoms with Gasteiger partial charge in [0, 0.05) is 0 Å². The molecule has 1 aliphatic rings. The minimum atomic E-state index is -0.114. The molecule has 1 heterocycles. The Morgan fingerprint density at radius 1 is 0.880 bits per heavy atom. The Bertz CT molecular complexity index is 651. The van der Waals surface area contributed by atoms with Crippen molar-refractivity contribution in [3.63, 3.8) is 0 Å². The lowest BCUT2D eigenvalue weighted by Crippen LogP contribution is -2.33. The summed E-state index contributed by atoms with van der Waals surface area (Å²) in [6.45, 7) is 2.38. The second-order valence-corrected chi connectivity index (χ2v) is 5.93. The van der Waals surface area contributed by atoms with Gasteiger partial charge in [0.05, 0.1) is 5.92 Å². The van der Waals surface area contributed by atoms with Gasteiger partial charge in [0.1, 0.15) is 30.5 Å². The number of hydrogen-bond acceptors (Lipinski definition) is 5. The van der Waals surface area contributed by atoms with E-state index in [0.717, 1.165) is 43.2 Å². The Balaban J connectivity index is 1.37. The predicted molar refractivity (Wildman–Crippen MR) is 95.0 cm³/mol. The largest absolute Gasteiger partial charge is 0.490 e. The average Bonchev–Trinajstić information content (AvgIpc) is 2.68. The number of ether oxygens (including phenoxy) is 3. The van der Waals surface area contributed by atoms with Gasteiger partial charge in [-0.25, -0.2) is 0 Å². The van der Waals surface area contributed by atoms with Gasteiger partial charge in [-0.15, -0.1) is 0 Å². The molecule has 1 saturated heterocycles. The van der Waals surface area contributed by atoms with Crippen LogP contribution in [0, 0.1) is 5.92 Å². The topological polar surface area (TPSA) is 56.8 Å². The van der Waals surface area contributed by atoms with Crippen molar-refractivity contribution >= 4 is 5.97 Å². The number of benzene rings is 2. The summed E-state index contributed by atoms with van der Waals surface area (Å²) < 4.78 is 16.6. The zero-order chi connectivity index (χ0) is 17.3. The van der Waals surface area contributed by atoms with Crippen molar-refractivity contribution in [3.8, 4) is 17.2 Å². The van der Waals surface area contributed by atoms with Gasteiger partial charge in [0.2, 0.25) is 0 Å². The first-order chi connectivity index (χ1) is 12.3. The molecular formula is C20H23NO4. The third kappa shape index (κ3) is 5.50. The van der Waals surface area contributed by atoms with Crippen LogP contribution in [0.1, 0.15) is 12.8 Å². The van der Waals surface area contributed by atoms with Crippen LogP contribution in [-0.4, -0.2) is 32.3 Å². The number of esters is 1. The number of hydrogen-bond donors (Lipinski definition) is 1. The van der Waals surface area contributed by atoms with Gasteiger partial charge in [-0.3, -0.25) is 4.79 Å². The van der Waals surface area contributed by atoms with Crippen LogP contribution in [0.4, 0.5) is 0 Å². The van der Waals surface area contributed by atoms with Crippen molar-refractivity contribution in [1.82, 2.24) is 5.32 Å². The minimum absolute atomic E-state index is 0.0238. The van der Waals surface area contributed by atoms with Gasteiger partial charge < -0.3 is 19.5 Å². The van der Waals surface area contributed by atoms with Crippen molar-refractivity contribution in [3.05, 3.63) is 54.6 Å². The quantitative estimate of drug-likeness (QED) is 0.618. The molecule has 1 N–H and O–H groups in total. The van der Waals surface area contributed by atoms with Crippen LogP contribution in [0.2, 0.25) is 0 Å². The number of rotatable bonds is 7. The van der Waals surface area contributed by atoms with Crippen molar-refractivity contribution in [2.75, 3.05) is 26.3 Å². The third-order valence-electron chi connectivity index (χ3n) is 4.07. The average molecular weight is 341 g/mol. The first-order valence-electron chi connectivity index (χ1n) is 8.64. The fourth-order valence-electron chi connectivity index (χ4n) is 2.71. The lowest BCUT2D eigenvalue weighted by Gasteiger charge is -2.20. The highest BCUT2D eigenvalue weighted by Crippen LogP contribution is 2.23. The molecule has 3 rings (SSSR count). The Labute approximate surface area is 147 Å². The van der Waals surface area contributed by atoms with Crippen LogP contribution in [0.3, 0.4) is 0 Å². The van der Waals surface area contributed by atoms with Crippen LogP contribution in [0.25, 0.3) is 0 Å². The maximum absolute atomic E-state index is 11.9. The van der Waals surface area contributed by atoms with E-state index in [1.54, 1.807) is 0 Å². The maximum Gasteiger partial charge on any atom is 0.309 e. The number of carbonyl (C=O) groups excluding carboxylic acids is 1. The number of para-hydroxylation sites is 1. The molecule has 5 heteroatoms. The van der Waals surface area contributed by atoms with Gasteiger partial charge >= 0.3 is 5.97 Å². The van der Waals surface area contributed by atoms with Crippen molar-refractivity contribution < 1.29 is 19.0 Å². The highest BCUT2D eigenvalue weighted by atomic mass is 16.6. The number of carbonyl (C=O) groups is 1. The van der Waals surface area contributed by atoms with E-state index in [0.29, 0.717) is 6.61 Å². The van der Waals surface area contributed by atoms with Gasteiger partial charge in [0.25, 0.3) is 0 Å². The molecule has 0 radical (unpaired) electrons. The van der Waals surface area contributed by atoms with Crippen LogP contribution in [0.15, 0.2) is 54.6 Å². The molecule has 25 heavy (non-hydrogen) atoms. The molecule has 0 unspecified atom stereocenters. The smallest absolute Gasteiger partial charge is 0.309 e. The molecule has 0 amide bonds. The Morgan fingerprint density at radius 3 is 2.24 bits per heavy atom. The van der Waals surface area contributed by atoms with Gasteiger partial charge in [-0.1, -0.05) is 18.2 Å². The molecule has 0 saturated carbocycles. The molecule has 1 fully saturated rings. The lowest BCUT2D eigenvalue weighted by atomic mass is 9.99. The van der Waals surface area contributed by atoms with Gasteiger partial charge in [-0.05, 0) is 62.3 Å². The zero-order valence-corrected chi connectivity index (χ0v) is 14.1. The van der Waals surface area contributed by atoms with Gasteiger partial charge in [-0.2, -0.15) is 0 Å². The highest BCUT2D eigenvalue weighted by molar-refractivity contribution is 5.72. The zero-order valence-electron chi connectivity index (χ0n) is 14.1. The molecule has 0 atom stereocenters. The fourth-order valence-corrected chi connectivity index (χ4v) is 2.71. The standard InChI is InChI=1S/C20H23NO4/c22-20(16-10-12-21-13-11-16)24-15-14-23-17-6-8-19(9-7-17)25-18-4-2-1-3-5-18/h1-9,16,21H,10-15H2. The van der Waals surface area contributed by atoms with E-state index in [1.807, 2.05) is 54.6 Å². The van der Waals surface area contributed by atoms with Crippen molar-refractivity contribution in [1.29, 1.82) is 0 Å². The molecule has 0 bridgehead atoms. The summed E-state index contributed by atoms with van der Waals surface area (Å²) in [6, 6.07) is 17.0. The molecular weight excluding hydrogens is 318 g/mol. The summed E-state index contributed by atoms with van der Waals surface area (Å²) in [5, 5.41) is 3.24. The van der Waals surface area contributed by atoms with Crippen LogP contribution >= 0.6 is 0 Å².